The van der Waals surface area contributed by atoms with Crippen LogP contribution in [0.1, 0.15) is 17.0 Å². The van der Waals surface area contributed by atoms with Gasteiger partial charge in [0.1, 0.15) is 11.6 Å². The van der Waals surface area contributed by atoms with Crippen LogP contribution in [0.25, 0.3) is 11.0 Å². The van der Waals surface area contributed by atoms with E-state index in [0.717, 1.165) is 35.4 Å². The van der Waals surface area contributed by atoms with Gasteiger partial charge >= 0.3 is 0 Å². The summed E-state index contributed by atoms with van der Waals surface area (Å²) in [5.74, 6) is 1.06. The smallest absolute Gasteiger partial charge is 0.124 e. The van der Waals surface area contributed by atoms with Crippen molar-refractivity contribution in [3.8, 4) is 0 Å². The van der Waals surface area contributed by atoms with Crippen molar-refractivity contribution in [1.29, 1.82) is 0 Å². The van der Waals surface area contributed by atoms with Gasteiger partial charge in [-0.2, -0.15) is 0 Å². The molecule has 0 aliphatic rings. The molecule has 3 rings (SSSR count). The minimum absolute atomic E-state index is 0.205. The lowest BCUT2D eigenvalue weighted by molar-refractivity contribution is 0.625. The van der Waals surface area contributed by atoms with E-state index in [-0.39, 0.29) is 5.82 Å². The molecule has 108 valence electrons. The van der Waals surface area contributed by atoms with Gasteiger partial charge in [-0.3, -0.25) is 0 Å². The van der Waals surface area contributed by atoms with Gasteiger partial charge in [-0.05, 0) is 42.7 Å². The molecule has 3 aromatic rings. The molecule has 1 aromatic heterocycles. The number of imidazole rings is 1. The molecule has 0 aliphatic carbocycles. The van der Waals surface area contributed by atoms with Crippen molar-refractivity contribution in [2.45, 2.75) is 25.8 Å². The number of hydrogen-bond acceptors (Lipinski definition) is 1. The number of aromatic nitrogens is 2. The van der Waals surface area contributed by atoms with Crippen LogP contribution in [0, 0.1) is 12.7 Å². The van der Waals surface area contributed by atoms with E-state index in [9.17, 15) is 4.39 Å². The third kappa shape index (κ3) is 2.79. The summed E-state index contributed by atoms with van der Waals surface area (Å²) >= 11 is 6.03. The molecule has 4 heteroatoms. The standard InChI is InChI=1S/C17H16ClFN2/c1-12-3-2-4-15-17(12)21(16(11-18)20-15)10-9-13-5-7-14(19)8-6-13/h2-8H,9-11H2,1H3. The van der Waals surface area contributed by atoms with Gasteiger partial charge < -0.3 is 4.57 Å². The van der Waals surface area contributed by atoms with Gasteiger partial charge in [0.15, 0.2) is 0 Å². The number of nitrogens with zero attached hydrogens (tertiary/aromatic N) is 2. The van der Waals surface area contributed by atoms with Crippen LogP contribution >= 0.6 is 11.6 Å². The lowest BCUT2D eigenvalue weighted by Crippen LogP contribution is -2.06. The zero-order valence-corrected chi connectivity index (χ0v) is 12.6. The average Bonchev–Trinajstić information content (AvgIpc) is 2.86. The summed E-state index contributed by atoms with van der Waals surface area (Å²) in [6, 6.07) is 12.7. The minimum atomic E-state index is -0.205. The predicted octanol–water partition coefficient (Wildman–Crippen LogP) is 4.47. The normalized spacial score (nSPS) is 11.2. The van der Waals surface area contributed by atoms with Crippen molar-refractivity contribution in [2.24, 2.45) is 0 Å². The molecule has 21 heavy (non-hydrogen) atoms. The number of benzene rings is 2. The summed E-state index contributed by atoms with van der Waals surface area (Å²) in [4.78, 5) is 4.59. The fourth-order valence-corrected chi connectivity index (χ4v) is 2.85. The van der Waals surface area contributed by atoms with Crippen LogP contribution in [-0.4, -0.2) is 9.55 Å². The fourth-order valence-electron chi connectivity index (χ4n) is 2.65. The van der Waals surface area contributed by atoms with Crippen LogP contribution in [0.5, 0.6) is 0 Å². The second-order valence-electron chi connectivity index (χ2n) is 5.13. The van der Waals surface area contributed by atoms with E-state index in [2.05, 4.69) is 22.5 Å². The molecule has 0 amide bonds. The molecule has 2 aromatic carbocycles. The Morgan fingerprint density at radius 3 is 2.62 bits per heavy atom. The van der Waals surface area contributed by atoms with Crippen molar-refractivity contribution < 1.29 is 4.39 Å². The summed E-state index contributed by atoms with van der Waals surface area (Å²) in [5.41, 5.74) is 4.41. The van der Waals surface area contributed by atoms with E-state index in [1.807, 2.05) is 24.3 Å². The van der Waals surface area contributed by atoms with Gasteiger partial charge in [-0.25, -0.2) is 9.37 Å². The van der Waals surface area contributed by atoms with Gasteiger partial charge in [0, 0.05) is 6.54 Å². The first kappa shape index (κ1) is 14.1. The van der Waals surface area contributed by atoms with Crippen LogP contribution in [-0.2, 0) is 18.8 Å². The Balaban J connectivity index is 1.94. The van der Waals surface area contributed by atoms with Gasteiger partial charge in [0.2, 0.25) is 0 Å². The quantitative estimate of drug-likeness (QED) is 0.650. The Kier molecular flexibility index (Phi) is 3.93. The minimum Gasteiger partial charge on any atom is -0.326 e. The van der Waals surface area contributed by atoms with E-state index in [0.29, 0.717) is 5.88 Å². The monoisotopic (exact) mass is 302 g/mol. The van der Waals surface area contributed by atoms with Crippen LogP contribution in [0.2, 0.25) is 0 Å². The Hall–Kier alpha value is -1.87. The highest BCUT2D eigenvalue weighted by Gasteiger charge is 2.11. The summed E-state index contributed by atoms with van der Waals surface area (Å²) in [6.07, 6.45) is 0.823. The second kappa shape index (κ2) is 5.86. The van der Waals surface area contributed by atoms with Gasteiger partial charge in [-0.1, -0.05) is 24.3 Å². The summed E-state index contributed by atoms with van der Waals surface area (Å²) in [5, 5.41) is 0. The van der Waals surface area contributed by atoms with Crippen molar-refractivity contribution in [2.75, 3.05) is 0 Å². The van der Waals surface area contributed by atoms with Crippen molar-refractivity contribution in [3.63, 3.8) is 0 Å². The van der Waals surface area contributed by atoms with Crippen LogP contribution in [0.15, 0.2) is 42.5 Å². The number of rotatable bonds is 4. The molecule has 0 spiro atoms. The zero-order valence-electron chi connectivity index (χ0n) is 11.8. The average molecular weight is 303 g/mol. The maximum Gasteiger partial charge on any atom is 0.124 e. The molecule has 0 N–H and O–H groups in total. The third-order valence-corrected chi connectivity index (χ3v) is 3.94. The number of aryl methyl sites for hydroxylation is 3. The molecule has 0 aliphatic heterocycles. The van der Waals surface area contributed by atoms with Crippen LogP contribution in [0.3, 0.4) is 0 Å². The Morgan fingerprint density at radius 2 is 1.90 bits per heavy atom. The topological polar surface area (TPSA) is 17.8 Å². The summed E-state index contributed by atoms with van der Waals surface area (Å²) in [6.45, 7) is 2.87. The Bertz CT molecular complexity index is 762. The number of alkyl halides is 1. The molecule has 0 bridgehead atoms. The molecule has 1 heterocycles. The van der Waals surface area contributed by atoms with Gasteiger partial charge in [0.25, 0.3) is 0 Å². The molecule has 0 fully saturated rings. The highest BCUT2D eigenvalue weighted by Crippen LogP contribution is 2.21. The molecule has 0 radical (unpaired) electrons. The van der Waals surface area contributed by atoms with E-state index in [1.165, 1.54) is 17.7 Å². The lowest BCUT2D eigenvalue weighted by atomic mass is 10.1. The van der Waals surface area contributed by atoms with E-state index >= 15 is 0 Å². The second-order valence-corrected chi connectivity index (χ2v) is 5.40. The van der Waals surface area contributed by atoms with Crippen LogP contribution < -0.4 is 0 Å². The van der Waals surface area contributed by atoms with Gasteiger partial charge in [-0.15, -0.1) is 11.6 Å². The maximum absolute atomic E-state index is 12.9. The van der Waals surface area contributed by atoms with Crippen molar-refractivity contribution in [3.05, 3.63) is 65.2 Å². The van der Waals surface area contributed by atoms with Crippen LogP contribution in [0.4, 0.5) is 4.39 Å². The first-order valence-electron chi connectivity index (χ1n) is 6.94. The summed E-state index contributed by atoms with van der Waals surface area (Å²) < 4.78 is 15.1. The molecule has 0 atom stereocenters. The number of hydrogen-bond donors (Lipinski definition) is 0. The van der Waals surface area contributed by atoms with Gasteiger partial charge in [0.05, 0.1) is 16.9 Å². The molecular weight excluding hydrogens is 287 g/mol. The van der Waals surface area contributed by atoms with E-state index in [4.69, 9.17) is 11.6 Å². The number of halogens is 2. The lowest BCUT2D eigenvalue weighted by Gasteiger charge is -2.09. The summed E-state index contributed by atoms with van der Waals surface area (Å²) in [7, 11) is 0. The van der Waals surface area contributed by atoms with E-state index < -0.39 is 0 Å². The largest absolute Gasteiger partial charge is 0.326 e. The molecule has 2 nitrogen and oxygen atoms in total. The molecule has 0 saturated heterocycles. The first-order chi connectivity index (χ1) is 10.2. The Labute approximate surface area is 128 Å². The molecular formula is C17H16ClFN2. The van der Waals surface area contributed by atoms with Crippen molar-refractivity contribution >= 4 is 22.6 Å². The predicted molar refractivity (Wildman–Crippen MR) is 84.1 cm³/mol. The fraction of sp³-hybridized carbons (Fsp3) is 0.235. The number of para-hydroxylation sites is 1. The number of fused-ring (bicyclic) bond motifs is 1. The Morgan fingerprint density at radius 1 is 1.14 bits per heavy atom. The SMILES string of the molecule is Cc1cccc2nc(CCl)n(CCc3ccc(F)cc3)c12. The first-order valence-corrected chi connectivity index (χ1v) is 7.47. The zero-order chi connectivity index (χ0) is 14.8. The van der Waals surface area contributed by atoms with E-state index in [1.54, 1.807) is 0 Å². The molecule has 0 unspecified atom stereocenters. The highest BCUT2D eigenvalue weighted by atomic mass is 35.5. The van der Waals surface area contributed by atoms with Crippen molar-refractivity contribution in [1.82, 2.24) is 9.55 Å². The molecule has 0 saturated carbocycles. The maximum atomic E-state index is 12.9. The highest BCUT2D eigenvalue weighted by molar-refractivity contribution is 6.16. The third-order valence-electron chi connectivity index (χ3n) is 3.70.